The van der Waals surface area contributed by atoms with Crippen molar-refractivity contribution >= 4 is 0 Å². The van der Waals surface area contributed by atoms with E-state index in [4.69, 9.17) is 10.5 Å². The number of hydrogen-bond donors (Lipinski definition) is 1. The Labute approximate surface area is 92.4 Å². The van der Waals surface area contributed by atoms with E-state index >= 15 is 0 Å². The zero-order valence-electron chi connectivity index (χ0n) is 9.86. The van der Waals surface area contributed by atoms with Gasteiger partial charge in [0, 0.05) is 6.04 Å². The first-order valence-corrected chi connectivity index (χ1v) is 5.50. The molecule has 84 valence electrons. The minimum Gasteiger partial charge on any atom is -0.497 e. The Hall–Kier alpha value is -1.02. The highest BCUT2D eigenvalue weighted by atomic mass is 16.5. The lowest BCUT2D eigenvalue weighted by atomic mass is 9.95. The fraction of sp³-hybridized carbons (Fsp3) is 0.538. The van der Waals surface area contributed by atoms with Crippen molar-refractivity contribution in [2.75, 3.05) is 7.11 Å². The van der Waals surface area contributed by atoms with E-state index in [0.29, 0.717) is 12.0 Å². The van der Waals surface area contributed by atoms with Gasteiger partial charge in [-0.05, 0) is 43.4 Å². The number of hydrogen-bond acceptors (Lipinski definition) is 2. The molecule has 0 aromatic heterocycles. The van der Waals surface area contributed by atoms with Gasteiger partial charge in [-0.3, -0.25) is 0 Å². The summed E-state index contributed by atoms with van der Waals surface area (Å²) in [7, 11) is 1.69. The predicted molar refractivity (Wildman–Crippen MR) is 64.1 cm³/mol. The minimum absolute atomic E-state index is 0.290. The van der Waals surface area contributed by atoms with Crippen molar-refractivity contribution in [1.29, 1.82) is 0 Å². The first-order valence-electron chi connectivity index (χ1n) is 5.50. The third-order valence-corrected chi connectivity index (χ3v) is 2.52. The summed E-state index contributed by atoms with van der Waals surface area (Å²) in [5.41, 5.74) is 7.12. The molecule has 0 aliphatic heterocycles. The van der Waals surface area contributed by atoms with Crippen molar-refractivity contribution in [3.63, 3.8) is 0 Å². The van der Waals surface area contributed by atoms with Gasteiger partial charge in [-0.1, -0.05) is 19.1 Å². The van der Waals surface area contributed by atoms with Crippen LogP contribution < -0.4 is 10.5 Å². The molecule has 2 atom stereocenters. The fourth-order valence-electron chi connectivity index (χ4n) is 1.88. The first kappa shape index (κ1) is 12.1. The van der Waals surface area contributed by atoms with E-state index in [9.17, 15) is 0 Å². The van der Waals surface area contributed by atoms with Crippen LogP contribution in [-0.2, 0) is 6.42 Å². The van der Waals surface area contributed by atoms with Gasteiger partial charge in [-0.15, -0.1) is 0 Å². The SMILES string of the molecule is COc1ccc(CC(C)CC(C)N)cc1. The van der Waals surface area contributed by atoms with Gasteiger partial charge in [-0.25, -0.2) is 0 Å². The lowest BCUT2D eigenvalue weighted by Gasteiger charge is -2.14. The Morgan fingerprint density at radius 3 is 2.27 bits per heavy atom. The van der Waals surface area contributed by atoms with Crippen LogP contribution >= 0.6 is 0 Å². The molecular weight excluding hydrogens is 186 g/mol. The van der Waals surface area contributed by atoms with Gasteiger partial charge in [0.25, 0.3) is 0 Å². The topological polar surface area (TPSA) is 35.2 Å². The Morgan fingerprint density at radius 2 is 1.80 bits per heavy atom. The lowest BCUT2D eigenvalue weighted by molar-refractivity contribution is 0.414. The molecule has 15 heavy (non-hydrogen) atoms. The number of methoxy groups -OCH3 is 1. The third-order valence-electron chi connectivity index (χ3n) is 2.52. The highest BCUT2D eigenvalue weighted by Gasteiger charge is 2.06. The summed E-state index contributed by atoms with van der Waals surface area (Å²) >= 11 is 0. The minimum atomic E-state index is 0.290. The summed E-state index contributed by atoms with van der Waals surface area (Å²) in [6.45, 7) is 4.30. The maximum atomic E-state index is 5.77. The van der Waals surface area contributed by atoms with Crippen LogP contribution in [0, 0.1) is 5.92 Å². The van der Waals surface area contributed by atoms with Gasteiger partial charge in [-0.2, -0.15) is 0 Å². The number of benzene rings is 1. The second-order valence-corrected chi connectivity index (χ2v) is 4.37. The quantitative estimate of drug-likeness (QED) is 0.805. The average molecular weight is 207 g/mol. The summed E-state index contributed by atoms with van der Waals surface area (Å²) in [6, 6.07) is 8.55. The molecule has 0 aliphatic rings. The molecule has 0 radical (unpaired) electrons. The van der Waals surface area contributed by atoms with Crippen molar-refractivity contribution < 1.29 is 4.74 Å². The van der Waals surface area contributed by atoms with Gasteiger partial charge in [0.2, 0.25) is 0 Å². The molecule has 0 heterocycles. The molecule has 1 aromatic carbocycles. The van der Waals surface area contributed by atoms with Crippen molar-refractivity contribution in [3.8, 4) is 5.75 Å². The highest BCUT2D eigenvalue weighted by molar-refractivity contribution is 5.27. The van der Waals surface area contributed by atoms with E-state index in [2.05, 4.69) is 26.0 Å². The summed E-state index contributed by atoms with van der Waals surface area (Å²) in [4.78, 5) is 0. The summed E-state index contributed by atoms with van der Waals surface area (Å²) in [6.07, 6.45) is 2.16. The second kappa shape index (κ2) is 5.76. The van der Waals surface area contributed by atoms with Crippen LogP contribution in [0.1, 0.15) is 25.8 Å². The molecule has 0 aliphatic carbocycles. The Kier molecular flexibility index (Phi) is 4.63. The summed E-state index contributed by atoms with van der Waals surface area (Å²) in [5.74, 6) is 1.55. The molecule has 0 bridgehead atoms. The number of ether oxygens (including phenoxy) is 1. The highest BCUT2D eigenvalue weighted by Crippen LogP contribution is 2.16. The third kappa shape index (κ3) is 4.34. The molecule has 0 saturated heterocycles. The maximum Gasteiger partial charge on any atom is 0.118 e. The van der Waals surface area contributed by atoms with Crippen molar-refractivity contribution in [3.05, 3.63) is 29.8 Å². The first-order chi connectivity index (χ1) is 7.11. The zero-order valence-corrected chi connectivity index (χ0v) is 9.86. The van der Waals surface area contributed by atoms with Crippen molar-refractivity contribution in [1.82, 2.24) is 0 Å². The second-order valence-electron chi connectivity index (χ2n) is 4.37. The van der Waals surface area contributed by atoms with Crippen molar-refractivity contribution in [2.24, 2.45) is 11.7 Å². The largest absolute Gasteiger partial charge is 0.497 e. The van der Waals surface area contributed by atoms with Crippen LogP contribution in [0.25, 0.3) is 0 Å². The average Bonchev–Trinajstić information content (AvgIpc) is 2.17. The standard InChI is InChI=1S/C13H21NO/c1-10(8-11(2)14)9-12-4-6-13(15-3)7-5-12/h4-7,10-11H,8-9,14H2,1-3H3. The molecule has 1 aromatic rings. The van der Waals surface area contributed by atoms with Gasteiger partial charge in [0.15, 0.2) is 0 Å². The normalized spacial score (nSPS) is 14.7. The Balaban J connectivity index is 2.49. The number of nitrogens with two attached hydrogens (primary N) is 1. The van der Waals surface area contributed by atoms with E-state index < -0.39 is 0 Å². The molecule has 2 N–H and O–H groups in total. The summed E-state index contributed by atoms with van der Waals surface area (Å²) < 4.78 is 5.12. The maximum absolute atomic E-state index is 5.77. The van der Waals surface area contributed by atoms with Gasteiger partial charge in [0.05, 0.1) is 7.11 Å². The van der Waals surface area contributed by atoms with E-state index in [-0.39, 0.29) is 0 Å². The van der Waals surface area contributed by atoms with Crippen LogP contribution in [0.3, 0.4) is 0 Å². The Morgan fingerprint density at radius 1 is 1.20 bits per heavy atom. The molecule has 0 saturated carbocycles. The van der Waals surface area contributed by atoms with Crippen LogP contribution in [0.5, 0.6) is 5.75 Å². The fourth-order valence-corrected chi connectivity index (χ4v) is 1.88. The smallest absolute Gasteiger partial charge is 0.118 e. The lowest BCUT2D eigenvalue weighted by Crippen LogP contribution is -2.19. The van der Waals surface area contributed by atoms with E-state index in [0.717, 1.165) is 18.6 Å². The molecule has 1 rings (SSSR count). The predicted octanol–water partition coefficient (Wildman–Crippen LogP) is 2.61. The van der Waals surface area contributed by atoms with Gasteiger partial charge < -0.3 is 10.5 Å². The molecule has 0 spiro atoms. The summed E-state index contributed by atoms with van der Waals surface area (Å²) in [5, 5.41) is 0. The van der Waals surface area contributed by atoms with E-state index in [1.807, 2.05) is 12.1 Å². The molecule has 2 heteroatoms. The van der Waals surface area contributed by atoms with Crippen LogP contribution in [0.2, 0.25) is 0 Å². The van der Waals surface area contributed by atoms with Crippen molar-refractivity contribution in [2.45, 2.75) is 32.7 Å². The monoisotopic (exact) mass is 207 g/mol. The molecular formula is C13H21NO. The Bertz CT molecular complexity index is 279. The zero-order chi connectivity index (χ0) is 11.3. The van der Waals surface area contributed by atoms with Crippen LogP contribution in [0.15, 0.2) is 24.3 Å². The van der Waals surface area contributed by atoms with E-state index in [1.165, 1.54) is 5.56 Å². The molecule has 2 unspecified atom stereocenters. The molecule has 0 amide bonds. The molecule has 0 fully saturated rings. The molecule has 2 nitrogen and oxygen atoms in total. The number of rotatable bonds is 5. The van der Waals surface area contributed by atoms with Gasteiger partial charge in [0.1, 0.15) is 5.75 Å². The van der Waals surface area contributed by atoms with E-state index in [1.54, 1.807) is 7.11 Å². The van der Waals surface area contributed by atoms with Crippen LogP contribution in [-0.4, -0.2) is 13.2 Å². The van der Waals surface area contributed by atoms with Crippen LogP contribution in [0.4, 0.5) is 0 Å². The van der Waals surface area contributed by atoms with Gasteiger partial charge >= 0.3 is 0 Å².